The molecule has 0 spiro atoms. The van der Waals surface area contributed by atoms with Crippen molar-refractivity contribution in [2.75, 3.05) is 40.4 Å². The highest BCUT2D eigenvalue weighted by atomic mass is 16.5. The van der Waals surface area contributed by atoms with E-state index in [1.807, 2.05) is 0 Å². The number of ether oxygens (including phenoxy) is 1. The topological polar surface area (TPSA) is 66.0 Å². The third kappa shape index (κ3) is 9.43. The number of nitrogens with one attached hydrogen (secondary N) is 2. The van der Waals surface area contributed by atoms with Gasteiger partial charge in [-0.2, -0.15) is 0 Å². The molecule has 1 amide bonds. The maximum atomic E-state index is 11.7. The molecule has 23 heavy (non-hydrogen) atoms. The monoisotopic (exact) mass is 326 g/mol. The molecule has 1 fully saturated rings. The molecule has 134 valence electrons. The Kier molecular flexibility index (Phi) is 10.4. The molecule has 0 unspecified atom stereocenters. The van der Waals surface area contributed by atoms with Crippen LogP contribution in [0.1, 0.15) is 51.9 Å². The van der Waals surface area contributed by atoms with Crippen molar-refractivity contribution in [3.8, 4) is 0 Å². The van der Waals surface area contributed by atoms with Crippen LogP contribution in [0.5, 0.6) is 0 Å². The summed E-state index contributed by atoms with van der Waals surface area (Å²) in [7, 11) is 3.51. The van der Waals surface area contributed by atoms with Crippen molar-refractivity contribution < 1.29 is 9.53 Å². The van der Waals surface area contributed by atoms with E-state index in [9.17, 15) is 4.79 Å². The minimum Gasteiger partial charge on any atom is -0.381 e. The van der Waals surface area contributed by atoms with E-state index >= 15 is 0 Å². The number of likely N-dealkylation sites (N-methyl/N-ethyl adjacent to an activating group) is 1. The quantitative estimate of drug-likeness (QED) is 0.365. The molecule has 0 saturated heterocycles. The van der Waals surface area contributed by atoms with Gasteiger partial charge in [0.15, 0.2) is 5.96 Å². The van der Waals surface area contributed by atoms with Gasteiger partial charge in [-0.05, 0) is 25.7 Å². The van der Waals surface area contributed by atoms with Crippen LogP contribution in [-0.4, -0.2) is 63.2 Å². The molecule has 2 N–H and O–H groups in total. The van der Waals surface area contributed by atoms with E-state index in [1.165, 1.54) is 32.1 Å². The first-order chi connectivity index (χ1) is 11.1. The zero-order valence-electron chi connectivity index (χ0n) is 15.1. The van der Waals surface area contributed by atoms with E-state index in [4.69, 9.17) is 4.74 Å². The highest BCUT2D eigenvalue weighted by molar-refractivity contribution is 5.84. The van der Waals surface area contributed by atoms with E-state index in [0.717, 1.165) is 38.6 Å². The summed E-state index contributed by atoms with van der Waals surface area (Å²) >= 11 is 0. The van der Waals surface area contributed by atoms with Crippen molar-refractivity contribution >= 4 is 11.9 Å². The largest absolute Gasteiger partial charge is 0.381 e. The summed E-state index contributed by atoms with van der Waals surface area (Å²) in [4.78, 5) is 17.7. The van der Waals surface area contributed by atoms with Crippen molar-refractivity contribution in [3.05, 3.63) is 0 Å². The zero-order chi connectivity index (χ0) is 16.9. The van der Waals surface area contributed by atoms with Gasteiger partial charge in [0.2, 0.25) is 5.91 Å². The molecule has 1 rings (SSSR count). The Labute approximate surface area is 141 Å². The first-order valence-electron chi connectivity index (χ1n) is 8.96. The molecule has 0 aromatic carbocycles. The van der Waals surface area contributed by atoms with Crippen molar-refractivity contribution in [2.24, 2.45) is 4.99 Å². The summed E-state index contributed by atoms with van der Waals surface area (Å²) in [5.41, 5.74) is 0. The highest BCUT2D eigenvalue weighted by Gasteiger charge is 2.16. The number of rotatable bonds is 10. The van der Waals surface area contributed by atoms with Crippen molar-refractivity contribution in [3.63, 3.8) is 0 Å². The number of amides is 1. The lowest BCUT2D eigenvalue weighted by Crippen LogP contribution is -2.43. The van der Waals surface area contributed by atoms with Gasteiger partial charge in [0.1, 0.15) is 6.54 Å². The molecule has 0 atom stereocenters. The number of carbonyl (C=O) groups is 1. The van der Waals surface area contributed by atoms with Crippen LogP contribution in [0.4, 0.5) is 0 Å². The second-order valence-electron chi connectivity index (χ2n) is 6.32. The molecule has 0 aromatic rings. The lowest BCUT2D eigenvalue weighted by atomic mass is 10.2. The van der Waals surface area contributed by atoms with E-state index in [1.54, 1.807) is 19.0 Å². The first kappa shape index (κ1) is 19.7. The number of guanidine groups is 1. The number of aliphatic imine (C=N–C) groups is 1. The summed E-state index contributed by atoms with van der Waals surface area (Å²) in [6.07, 6.45) is 8.14. The normalized spacial score (nSPS) is 15.7. The molecule has 0 aromatic heterocycles. The summed E-state index contributed by atoms with van der Waals surface area (Å²) in [5.74, 6) is 0.765. The Morgan fingerprint density at radius 1 is 1.22 bits per heavy atom. The first-order valence-corrected chi connectivity index (χ1v) is 8.96. The van der Waals surface area contributed by atoms with Gasteiger partial charge in [-0.1, -0.05) is 26.2 Å². The maximum Gasteiger partial charge on any atom is 0.243 e. The molecule has 1 aliphatic carbocycles. The molecule has 6 heteroatoms. The molecule has 0 heterocycles. The van der Waals surface area contributed by atoms with Gasteiger partial charge >= 0.3 is 0 Å². The number of unbranched alkanes of at least 4 members (excludes halogenated alkanes) is 1. The molecule has 1 aliphatic rings. The molecule has 1 saturated carbocycles. The van der Waals surface area contributed by atoms with Crippen molar-refractivity contribution in [1.29, 1.82) is 0 Å². The van der Waals surface area contributed by atoms with Crippen LogP contribution in [0.2, 0.25) is 0 Å². The Balaban J connectivity index is 2.31. The van der Waals surface area contributed by atoms with Gasteiger partial charge in [0, 0.05) is 39.9 Å². The van der Waals surface area contributed by atoms with Crippen LogP contribution in [0, 0.1) is 0 Å². The lowest BCUT2D eigenvalue weighted by molar-refractivity contribution is -0.127. The predicted octanol–water partition coefficient (Wildman–Crippen LogP) is 1.76. The molecular formula is C17H34N4O2. The molecule has 0 aliphatic heterocycles. The number of carbonyl (C=O) groups excluding carboxylic acids is 1. The second-order valence-corrected chi connectivity index (χ2v) is 6.32. The van der Waals surface area contributed by atoms with Gasteiger partial charge in [-0.3, -0.25) is 4.79 Å². The molecule has 0 bridgehead atoms. The fraction of sp³-hybridized carbons (Fsp3) is 0.882. The van der Waals surface area contributed by atoms with Crippen LogP contribution < -0.4 is 10.6 Å². The Morgan fingerprint density at radius 3 is 2.57 bits per heavy atom. The minimum absolute atomic E-state index is 0.0143. The second kappa shape index (κ2) is 12.2. The van der Waals surface area contributed by atoms with Crippen molar-refractivity contribution in [2.45, 2.75) is 57.9 Å². The van der Waals surface area contributed by atoms with E-state index in [2.05, 4.69) is 22.5 Å². The lowest BCUT2D eigenvalue weighted by Gasteiger charge is -2.18. The van der Waals surface area contributed by atoms with Crippen LogP contribution >= 0.6 is 0 Å². The third-order valence-electron chi connectivity index (χ3n) is 3.97. The van der Waals surface area contributed by atoms with Crippen LogP contribution in [0.3, 0.4) is 0 Å². The van der Waals surface area contributed by atoms with Gasteiger partial charge in [0.05, 0.1) is 0 Å². The van der Waals surface area contributed by atoms with E-state index in [0.29, 0.717) is 6.04 Å². The van der Waals surface area contributed by atoms with Gasteiger partial charge in [-0.15, -0.1) is 0 Å². The van der Waals surface area contributed by atoms with Gasteiger partial charge < -0.3 is 20.3 Å². The summed E-state index contributed by atoms with van der Waals surface area (Å²) in [5, 5.41) is 6.77. The fourth-order valence-corrected chi connectivity index (χ4v) is 2.43. The average Bonchev–Trinajstić information content (AvgIpc) is 3.03. The summed E-state index contributed by atoms with van der Waals surface area (Å²) in [6, 6.07) is 0.483. The Bertz CT molecular complexity index is 353. The Morgan fingerprint density at radius 2 is 1.91 bits per heavy atom. The standard InChI is InChI=1S/C17H34N4O2/c1-4-5-12-23-13-8-11-18-17(19-14-16(22)21(2)3)20-15-9-6-7-10-15/h15H,4-14H2,1-3H3,(H2,18,19,20). The summed E-state index contributed by atoms with van der Waals surface area (Å²) < 4.78 is 5.56. The number of hydrogen-bond acceptors (Lipinski definition) is 3. The Hall–Kier alpha value is -1.30. The maximum absolute atomic E-state index is 11.7. The number of nitrogens with zero attached hydrogens (tertiary/aromatic N) is 2. The zero-order valence-corrected chi connectivity index (χ0v) is 15.1. The average molecular weight is 326 g/mol. The van der Waals surface area contributed by atoms with Gasteiger partial charge in [-0.25, -0.2) is 4.99 Å². The van der Waals surface area contributed by atoms with E-state index in [-0.39, 0.29) is 12.5 Å². The SMILES string of the molecule is CCCCOCCCNC(=NCC(=O)N(C)C)NC1CCCC1. The van der Waals surface area contributed by atoms with Crippen LogP contribution in [0.25, 0.3) is 0 Å². The van der Waals surface area contributed by atoms with Crippen LogP contribution in [-0.2, 0) is 9.53 Å². The molecule has 6 nitrogen and oxygen atoms in total. The molecule has 0 radical (unpaired) electrons. The summed E-state index contributed by atoms with van der Waals surface area (Å²) in [6.45, 7) is 4.76. The van der Waals surface area contributed by atoms with Gasteiger partial charge in [0.25, 0.3) is 0 Å². The highest BCUT2D eigenvalue weighted by Crippen LogP contribution is 2.17. The molecular weight excluding hydrogens is 292 g/mol. The van der Waals surface area contributed by atoms with E-state index < -0.39 is 0 Å². The predicted molar refractivity (Wildman–Crippen MR) is 94.7 cm³/mol. The fourth-order valence-electron chi connectivity index (χ4n) is 2.43. The number of hydrogen-bond donors (Lipinski definition) is 2. The smallest absolute Gasteiger partial charge is 0.243 e. The van der Waals surface area contributed by atoms with Crippen LogP contribution in [0.15, 0.2) is 4.99 Å². The van der Waals surface area contributed by atoms with Crippen molar-refractivity contribution in [1.82, 2.24) is 15.5 Å². The minimum atomic E-state index is 0.0143. The third-order valence-corrected chi connectivity index (χ3v) is 3.97.